The number of ketones is 1. The zero-order valence-corrected chi connectivity index (χ0v) is 26.1. The third kappa shape index (κ3) is 6.63. The number of benzene rings is 2. The van der Waals surface area contributed by atoms with E-state index in [9.17, 15) is 9.59 Å². The van der Waals surface area contributed by atoms with Crippen molar-refractivity contribution in [1.82, 2.24) is 9.55 Å². The van der Waals surface area contributed by atoms with Gasteiger partial charge >= 0.3 is 0 Å². The third-order valence-electron chi connectivity index (χ3n) is 8.61. The lowest BCUT2D eigenvalue weighted by Crippen LogP contribution is -2.46. The zero-order valence-electron chi connectivity index (χ0n) is 26.1. The predicted octanol–water partition coefficient (Wildman–Crippen LogP) is 5.44. The maximum Gasteiger partial charge on any atom is 0.298 e. The topological polar surface area (TPSA) is 82.9 Å². The van der Waals surface area contributed by atoms with E-state index in [2.05, 4.69) is 50.1 Å². The van der Waals surface area contributed by atoms with Crippen molar-refractivity contribution in [3.8, 4) is 11.1 Å². The number of amides is 1. The number of carbonyl (C=O) groups is 2. The Balaban J connectivity index is 1.08. The number of anilines is 4. The molecule has 9 heteroatoms. The van der Waals surface area contributed by atoms with Gasteiger partial charge in [0.2, 0.25) is 0 Å². The SMILES string of the molecule is COCCN(C)c1ccc(N2CCN(c3ccc(NC(=O)C(=O)c4c(-c5ccccc5)cc5n4C=CC(C)C5)cc3)CC2)cn1. The lowest BCUT2D eigenvalue weighted by molar-refractivity contribution is -0.112. The summed E-state index contributed by atoms with van der Waals surface area (Å²) < 4.78 is 7.04. The van der Waals surface area contributed by atoms with Crippen LogP contribution in [0.15, 0.2) is 85.1 Å². The lowest BCUT2D eigenvalue weighted by Gasteiger charge is -2.37. The molecule has 1 fully saturated rings. The van der Waals surface area contributed by atoms with Gasteiger partial charge in [-0.15, -0.1) is 0 Å². The molecule has 1 amide bonds. The highest BCUT2D eigenvalue weighted by molar-refractivity contribution is 6.47. The molecule has 0 aliphatic carbocycles. The summed E-state index contributed by atoms with van der Waals surface area (Å²) in [5.41, 5.74) is 5.91. The Bertz CT molecular complexity index is 1660. The van der Waals surface area contributed by atoms with Gasteiger partial charge in [0.15, 0.2) is 0 Å². The number of fused-ring (bicyclic) bond motifs is 1. The average Bonchev–Trinajstić information content (AvgIpc) is 3.46. The van der Waals surface area contributed by atoms with Crippen molar-refractivity contribution in [1.29, 1.82) is 0 Å². The number of hydrogen-bond acceptors (Lipinski definition) is 7. The van der Waals surface area contributed by atoms with Gasteiger partial charge in [0, 0.05) is 75.7 Å². The molecule has 1 unspecified atom stereocenters. The van der Waals surface area contributed by atoms with Crippen molar-refractivity contribution >= 4 is 40.8 Å². The van der Waals surface area contributed by atoms with Gasteiger partial charge in [-0.25, -0.2) is 4.98 Å². The Morgan fingerprint density at radius 2 is 1.64 bits per heavy atom. The van der Waals surface area contributed by atoms with E-state index in [0.717, 1.165) is 73.2 Å². The minimum atomic E-state index is -0.647. The highest BCUT2D eigenvalue weighted by Crippen LogP contribution is 2.32. The van der Waals surface area contributed by atoms with Gasteiger partial charge in [0.05, 0.1) is 18.5 Å². The second-order valence-corrected chi connectivity index (χ2v) is 11.8. The summed E-state index contributed by atoms with van der Waals surface area (Å²) in [5, 5.41) is 2.84. The van der Waals surface area contributed by atoms with Gasteiger partial charge in [0.25, 0.3) is 11.7 Å². The average molecular weight is 605 g/mol. The van der Waals surface area contributed by atoms with E-state index in [1.54, 1.807) is 7.11 Å². The van der Waals surface area contributed by atoms with E-state index in [0.29, 0.717) is 23.9 Å². The van der Waals surface area contributed by atoms with Crippen molar-refractivity contribution in [2.24, 2.45) is 5.92 Å². The number of methoxy groups -OCH3 is 1. The molecule has 2 aliphatic rings. The number of piperazine rings is 1. The van der Waals surface area contributed by atoms with Crippen molar-refractivity contribution < 1.29 is 14.3 Å². The number of ether oxygens (including phenoxy) is 1. The first-order valence-corrected chi connectivity index (χ1v) is 15.5. The monoisotopic (exact) mass is 604 g/mol. The van der Waals surface area contributed by atoms with E-state index in [-0.39, 0.29) is 0 Å². The first kappa shape index (κ1) is 30.1. The maximum absolute atomic E-state index is 13.6. The van der Waals surface area contributed by atoms with Gasteiger partial charge in [-0.2, -0.15) is 0 Å². The molecular weight excluding hydrogens is 564 g/mol. The highest BCUT2D eigenvalue weighted by atomic mass is 16.5. The van der Waals surface area contributed by atoms with Crippen LogP contribution in [0.25, 0.3) is 17.3 Å². The molecule has 1 N–H and O–H groups in total. The number of carbonyl (C=O) groups excluding carboxylic acids is 2. The summed E-state index contributed by atoms with van der Waals surface area (Å²) >= 11 is 0. The number of pyridine rings is 1. The molecule has 232 valence electrons. The standard InChI is InChI=1S/C36H40N6O3/c1-26-15-16-42-31(23-26)24-32(27-7-5-4-6-8-27)34(42)35(43)36(44)38-28-9-11-29(12-10-28)40-17-19-41(20-18-40)30-13-14-33(37-25-30)39(2)21-22-45-3/h4-16,24-26H,17-23H2,1-3H3,(H,38,44). The predicted molar refractivity (Wildman–Crippen MR) is 181 cm³/mol. The van der Waals surface area contributed by atoms with E-state index in [1.165, 1.54) is 0 Å². The van der Waals surface area contributed by atoms with Gasteiger partial charge < -0.3 is 29.3 Å². The van der Waals surface area contributed by atoms with Gasteiger partial charge in [0.1, 0.15) is 11.5 Å². The number of Topliss-reactive ketones (excluding diaryl/α,β-unsaturated/α-hetero) is 1. The number of nitrogens with zero attached hydrogens (tertiary/aromatic N) is 5. The quantitative estimate of drug-likeness (QED) is 0.191. The van der Waals surface area contributed by atoms with Crippen LogP contribution in [0.4, 0.5) is 22.9 Å². The Kier molecular flexibility index (Phi) is 8.98. The maximum atomic E-state index is 13.6. The summed E-state index contributed by atoms with van der Waals surface area (Å²) in [6.45, 7) is 7.10. The molecule has 9 nitrogen and oxygen atoms in total. The van der Waals surface area contributed by atoms with Gasteiger partial charge in [-0.3, -0.25) is 9.59 Å². The third-order valence-corrected chi connectivity index (χ3v) is 8.61. The minimum Gasteiger partial charge on any atom is -0.383 e. The summed E-state index contributed by atoms with van der Waals surface area (Å²) in [4.78, 5) is 38.3. The Hall–Kier alpha value is -4.89. The number of likely N-dealkylation sites (N-methyl/N-ethyl adjacent to an activating group) is 1. The van der Waals surface area contributed by atoms with Crippen LogP contribution in [0, 0.1) is 5.92 Å². The van der Waals surface area contributed by atoms with Crippen molar-refractivity contribution in [2.45, 2.75) is 13.3 Å². The van der Waals surface area contributed by atoms with Crippen LogP contribution in [0.3, 0.4) is 0 Å². The Morgan fingerprint density at radius 3 is 2.31 bits per heavy atom. The van der Waals surface area contributed by atoms with Crippen LogP contribution in [0.2, 0.25) is 0 Å². The molecule has 0 radical (unpaired) electrons. The lowest BCUT2D eigenvalue weighted by atomic mass is 10.0. The molecule has 6 rings (SSSR count). The van der Waals surface area contributed by atoms with Crippen LogP contribution >= 0.6 is 0 Å². The van der Waals surface area contributed by atoms with Crippen molar-refractivity contribution in [3.05, 3.63) is 96.5 Å². The molecule has 45 heavy (non-hydrogen) atoms. The second-order valence-electron chi connectivity index (χ2n) is 11.8. The smallest absolute Gasteiger partial charge is 0.298 e. The number of allylic oxidation sites excluding steroid dienone is 1. The first-order valence-electron chi connectivity index (χ1n) is 15.5. The minimum absolute atomic E-state index is 0.372. The van der Waals surface area contributed by atoms with Crippen LogP contribution in [0.5, 0.6) is 0 Å². The molecule has 2 aliphatic heterocycles. The molecule has 4 heterocycles. The fourth-order valence-electron chi connectivity index (χ4n) is 6.01. The fraction of sp³-hybridized carbons (Fsp3) is 0.306. The molecule has 2 aromatic carbocycles. The largest absolute Gasteiger partial charge is 0.383 e. The van der Waals surface area contributed by atoms with E-state index < -0.39 is 11.7 Å². The zero-order chi connectivity index (χ0) is 31.3. The van der Waals surface area contributed by atoms with Gasteiger partial charge in [-0.05, 0) is 60.4 Å². The van der Waals surface area contributed by atoms with Gasteiger partial charge in [-0.1, -0.05) is 43.3 Å². The molecule has 0 saturated carbocycles. The molecule has 1 atom stereocenters. The molecule has 1 saturated heterocycles. The Morgan fingerprint density at radius 1 is 0.956 bits per heavy atom. The molecule has 0 spiro atoms. The molecular formula is C36H40N6O3. The second kappa shape index (κ2) is 13.4. The summed E-state index contributed by atoms with van der Waals surface area (Å²) in [6.07, 6.45) is 6.75. The number of nitrogens with one attached hydrogen (secondary N) is 1. The Labute approximate surface area is 264 Å². The number of aromatic nitrogens is 2. The summed E-state index contributed by atoms with van der Waals surface area (Å²) in [6, 6.07) is 23.7. The van der Waals surface area contributed by atoms with E-state index in [4.69, 9.17) is 4.74 Å². The van der Waals surface area contributed by atoms with Crippen LogP contribution in [0.1, 0.15) is 23.1 Å². The fourth-order valence-corrected chi connectivity index (χ4v) is 6.01. The van der Waals surface area contributed by atoms with Crippen LogP contribution < -0.4 is 20.0 Å². The van der Waals surface area contributed by atoms with Crippen LogP contribution in [-0.2, 0) is 16.0 Å². The highest BCUT2D eigenvalue weighted by Gasteiger charge is 2.28. The summed E-state index contributed by atoms with van der Waals surface area (Å²) in [7, 11) is 3.72. The number of hydrogen-bond donors (Lipinski definition) is 1. The number of rotatable bonds is 10. The van der Waals surface area contributed by atoms with E-state index >= 15 is 0 Å². The van der Waals surface area contributed by atoms with E-state index in [1.807, 2.05) is 84.7 Å². The van der Waals surface area contributed by atoms with Crippen molar-refractivity contribution in [2.75, 3.05) is 73.5 Å². The molecule has 0 bridgehead atoms. The first-order chi connectivity index (χ1) is 21.9. The summed E-state index contributed by atoms with van der Waals surface area (Å²) in [5.74, 6) is 0.102. The van der Waals surface area contributed by atoms with Crippen molar-refractivity contribution in [3.63, 3.8) is 0 Å². The molecule has 4 aromatic rings. The normalized spacial score (nSPS) is 15.9. The van der Waals surface area contributed by atoms with Crippen LogP contribution in [-0.4, -0.2) is 74.7 Å². The molecule has 2 aromatic heterocycles.